The fourth-order valence-corrected chi connectivity index (χ4v) is 3.97. The predicted octanol–water partition coefficient (Wildman–Crippen LogP) is 4.16. The zero-order valence-corrected chi connectivity index (χ0v) is 20.8. The van der Waals surface area contributed by atoms with Crippen LogP contribution in [0.3, 0.4) is 0 Å². The molecule has 1 amide bonds. The first kappa shape index (κ1) is 25.3. The van der Waals surface area contributed by atoms with Crippen molar-refractivity contribution in [1.82, 2.24) is 4.90 Å². The number of hydrogen-bond acceptors (Lipinski definition) is 6. The standard InChI is InChI=1S/C27H34N2O5/c1-17(2)16-34-22-12-9-20(15-18(22)3)25(30)23-24(19-7-10-21(11-8-19)28(4)5)29(13-14-33-6)27(32)26(23)31/h7-12,15,17,24,30H,13-14,16H2,1-6H3/b25-23-. The number of Topliss-reactive ketones (excluding diaryl/α,β-unsaturated/α-hetero) is 1. The molecule has 1 N–H and O–H groups in total. The smallest absolute Gasteiger partial charge is 0.295 e. The molecule has 0 radical (unpaired) electrons. The summed E-state index contributed by atoms with van der Waals surface area (Å²) in [7, 11) is 5.43. The summed E-state index contributed by atoms with van der Waals surface area (Å²) in [5.41, 5.74) is 3.12. The molecule has 2 aromatic rings. The van der Waals surface area contributed by atoms with E-state index in [4.69, 9.17) is 9.47 Å². The van der Waals surface area contributed by atoms with Crippen LogP contribution in [0.25, 0.3) is 5.76 Å². The molecule has 2 aromatic carbocycles. The highest BCUT2D eigenvalue weighted by Crippen LogP contribution is 2.40. The van der Waals surface area contributed by atoms with Gasteiger partial charge in [0.2, 0.25) is 0 Å². The molecule has 34 heavy (non-hydrogen) atoms. The van der Waals surface area contributed by atoms with Gasteiger partial charge in [0.05, 0.1) is 24.8 Å². The van der Waals surface area contributed by atoms with Crippen molar-refractivity contribution < 1.29 is 24.2 Å². The maximum absolute atomic E-state index is 13.1. The van der Waals surface area contributed by atoms with E-state index in [2.05, 4.69) is 13.8 Å². The molecule has 0 saturated carbocycles. The lowest BCUT2D eigenvalue weighted by Gasteiger charge is -2.25. The Morgan fingerprint density at radius 2 is 1.79 bits per heavy atom. The van der Waals surface area contributed by atoms with Crippen molar-refractivity contribution in [3.8, 4) is 5.75 Å². The number of nitrogens with zero attached hydrogens (tertiary/aromatic N) is 2. The third-order valence-corrected chi connectivity index (χ3v) is 5.82. The van der Waals surface area contributed by atoms with E-state index in [-0.39, 0.29) is 24.5 Å². The first-order chi connectivity index (χ1) is 16.1. The van der Waals surface area contributed by atoms with Gasteiger partial charge in [0.25, 0.3) is 11.7 Å². The van der Waals surface area contributed by atoms with Gasteiger partial charge < -0.3 is 24.4 Å². The number of amides is 1. The maximum Gasteiger partial charge on any atom is 0.295 e. The van der Waals surface area contributed by atoms with Crippen LogP contribution in [0.5, 0.6) is 5.75 Å². The molecule has 0 spiro atoms. The highest BCUT2D eigenvalue weighted by molar-refractivity contribution is 6.46. The van der Waals surface area contributed by atoms with E-state index in [1.165, 1.54) is 4.90 Å². The van der Waals surface area contributed by atoms with Crippen LogP contribution >= 0.6 is 0 Å². The zero-order chi connectivity index (χ0) is 25.0. The second-order valence-corrected chi connectivity index (χ2v) is 9.16. The Kier molecular flexibility index (Phi) is 7.99. The third kappa shape index (κ3) is 5.25. The largest absolute Gasteiger partial charge is 0.507 e. The second kappa shape index (κ2) is 10.7. The molecular formula is C27H34N2O5. The highest BCUT2D eigenvalue weighted by Gasteiger charge is 2.45. The summed E-state index contributed by atoms with van der Waals surface area (Å²) in [5.74, 6) is -0.434. The minimum Gasteiger partial charge on any atom is -0.507 e. The SMILES string of the molecule is COCCN1C(=O)C(=O)/C(=C(\O)c2ccc(OCC(C)C)c(C)c2)C1c1ccc(N(C)C)cc1. The number of aryl methyl sites for hydroxylation is 1. The van der Waals surface area contributed by atoms with Gasteiger partial charge in [-0.2, -0.15) is 0 Å². The molecule has 0 aromatic heterocycles. The van der Waals surface area contributed by atoms with Crippen LogP contribution in [0.4, 0.5) is 5.69 Å². The van der Waals surface area contributed by atoms with Gasteiger partial charge in [0.1, 0.15) is 11.5 Å². The summed E-state index contributed by atoms with van der Waals surface area (Å²) >= 11 is 0. The van der Waals surface area contributed by atoms with E-state index in [9.17, 15) is 14.7 Å². The molecule has 1 aliphatic heterocycles. The highest BCUT2D eigenvalue weighted by atomic mass is 16.5. The number of methoxy groups -OCH3 is 1. The van der Waals surface area contributed by atoms with Crippen molar-refractivity contribution in [3.05, 3.63) is 64.7 Å². The van der Waals surface area contributed by atoms with E-state index >= 15 is 0 Å². The molecule has 1 aliphatic rings. The number of hydrogen-bond donors (Lipinski definition) is 1. The lowest BCUT2D eigenvalue weighted by atomic mass is 9.94. The van der Waals surface area contributed by atoms with Crippen molar-refractivity contribution >= 4 is 23.1 Å². The van der Waals surface area contributed by atoms with Gasteiger partial charge >= 0.3 is 0 Å². The first-order valence-electron chi connectivity index (χ1n) is 11.4. The Morgan fingerprint density at radius 3 is 2.35 bits per heavy atom. The number of aliphatic hydroxyl groups is 1. The minimum atomic E-state index is -0.705. The van der Waals surface area contributed by atoms with Crippen molar-refractivity contribution in [3.63, 3.8) is 0 Å². The van der Waals surface area contributed by atoms with E-state index in [0.29, 0.717) is 18.1 Å². The van der Waals surface area contributed by atoms with Crippen LogP contribution in [0.2, 0.25) is 0 Å². The van der Waals surface area contributed by atoms with Gasteiger partial charge in [-0.1, -0.05) is 26.0 Å². The van der Waals surface area contributed by atoms with Crippen molar-refractivity contribution in [2.24, 2.45) is 5.92 Å². The molecule has 7 nitrogen and oxygen atoms in total. The average Bonchev–Trinajstić information content (AvgIpc) is 3.06. The molecule has 0 bridgehead atoms. The molecule has 3 rings (SSSR count). The summed E-state index contributed by atoms with van der Waals surface area (Å²) in [6, 6.07) is 12.2. The van der Waals surface area contributed by atoms with Crippen molar-refractivity contribution in [2.45, 2.75) is 26.8 Å². The summed E-state index contributed by atoms with van der Waals surface area (Å²) < 4.78 is 11.0. The van der Waals surface area contributed by atoms with E-state index in [1.54, 1.807) is 25.3 Å². The number of anilines is 1. The van der Waals surface area contributed by atoms with Crippen LogP contribution in [0.15, 0.2) is 48.0 Å². The lowest BCUT2D eigenvalue weighted by molar-refractivity contribution is -0.140. The predicted molar refractivity (Wildman–Crippen MR) is 133 cm³/mol. The van der Waals surface area contributed by atoms with Gasteiger partial charge in [-0.3, -0.25) is 9.59 Å². The molecule has 1 atom stereocenters. The van der Waals surface area contributed by atoms with Crippen LogP contribution in [-0.4, -0.2) is 62.7 Å². The van der Waals surface area contributed by atoms with Crippen LogP contribution in [-0.2, 0) is 14.3 Å². The lowest BCUT2D eigenvalue weighted by Crippen LogP contribution is -2.32. The Morgan fingerprint density at radius 1 is 1.12 bits per heavy atom. The topological polar surface area (TPSA) is 79.3 Å². The maximum atomic E-state index is 13.1. The molecule has 7 heteroatoms. The number of ether oxygens (including phenoxy) is 2. The van der Waals surface area contributed by atoms with Crippen LogP contribution in [0.1, 0.15) is 36.6 Å². The van der Waals surface area contributed by atoms with Gasteiger partial charge in [-0.05, 0) is 54.3 Å². The summed E-state index contributed by atoms with van der Waals surface area (Å²) in [6.45, 7) is 7.13. The molecule has 1 fully saturated rings. The molecule has 1 unspecified atom stereocenters. The van der Waals surface area contributed by atoms with Gasteiger partial charge in [-0.15, -0.1) is 0 Å². The molecule has 0 aliphatic carbocycles. The number of carbonyl (C=O) groups excluding carboxylic acids is 2. The number of rotatable bonds is 9. The normalized spacial score (nSPS) is 17.5. The molecule has 182 valence electrons. The summed E-state index contributed by atoms with van der Waals surface area (Å²) in [4.78, 5) is 29.5. The van der Waals surface area contributed by atoms with E-state index in [1.807, 2.05) is 50.2 Å². The minimum absolute atomic E-state index is 0.0777. The van der Waals surface area contributed by atoms with Crippen molar-refractivity contribution in [2.75, 3.05) is 45.9 Å². The quantitative estimate of drug-likeness (QED) is 0.340. The number of likely N-dealkylation sites (tertiary alicyclic amines) is 1. The Hall–Kier alpha value is -3.32. The monoisotopic (exact) mass is 466 g/mol. The fraction of sp³-hybridized carbons (Fsp3) is 0.407. The number of benzene rings is 2. The fourth-order valence-electron chi connectivity index (χ4n) is 3.97. The Bertz CT molecular complexity index is 1070. The average molecular weight is 467 g/mol. The van der Waals surface area contributed by atoms with E-state index < -0.39 is 17.7 Å². The first-order valence-corrected chi connectivity index (χ1v) is 11.4. The van der Waals surface area contributed by atoms with Crippen molar-refractivity contribution in [1.29, 1.82) is 0 Å². The van der Waals surface area contributed by atoms with Gasteiger partial charge in [-0.25, -0.2) is 0 Å². The number of aliphatic hydroxyl groups excluding tert-OH is 1. The number of ketones is 1. The second-order valence-electron chi connectivity index (χ2n) is 9.16. The third-order valence-electron chi connectivity index (χ3n) is 5.82. The molecule has 1 saturated heterocycles. The Balaban J connectivity index is 2.07. The molecule has 1 heterocycles. The van der Waals surface area contributed by atoms with E-state index in [0.717, 1.165) is 22.6 Å². The van der Waals surface area contributed by atoms with Crippen LogP contribution in [0, 0.1) is 12.8 Å². The van der Waals surface area contributed by atoms with Crippen LogP contribution < -0.4 is 9.64 Å². The Labute approximate surface area is 201 Å². The summed E-state index contributed by atoms with van der Waals surface area (Å²) in [5, 5.41) is 11.3. The number of carbonyl (C=O) groups is 2. The summed E-state index contributed by atoms with van der Waals surface area (Å²) in [6.07, 6.45) is 0. The van der Waals surface area contributed by atoms with Gasteiger partial charge in [0.15, 0.2) is 0 Å². The zero-order valence-electron chi connectivity index (χ0n) is 20.8. The van der Waals surface area contributed by atoms with Gasteiger partial charge in [0, 0.05) is 39.0 Å². The molecular weight excluding hydrogens is 432 g/mol.